The molecule has 0 aliphatic rings. The van der Waals surface area contributed by atoms with Crippen LogP contribution in [0.15, 0.2) is 11.0 Å². The molecule has 4 nitrogen and oxygen atoms in total. The molecule has 18 heavy (non-hydrogen) atoms. The van der Waals surface area contributed by atoms with E-state index in [1.807, 2.05) is 0 Å². The van der Waals surface area contributed by atoms with Crippen molar-refractivity contribution in [1.82, 2.24) is 9.78 Å². The third-order valence-electron chi connectivity index (χ3n) is 2.52. The predicted octanol–water partition coefficient (Wildman–Crippen LogP) is 2.52. The van der Waals surface area contributed by atoms with Crippen LogP contribution in [-0.4, -0.2) is 16.3 Å². The molecule has 5 heteroatoms. The predicted molar refractivity (Wildman–Crippen MR) is 75.0 cm³/mol. The van der Waals surface area contributed by atoms with Gasteiger partial charge in [0.15, 0.2) is 0 Å². The lowest BCUT2D eigenvalue weighted by Gasteiger charge is -2.09. The van der Waals surface area contributed by atoms with Gasteiger partial charge in [-0.15, -0.1) is 12.3 Å². The van der Waals surface area contributed by atoms with E-state index in [-0.39, 0.29) is 10.6 Å². The minimum atomic E-state index is -0.243. The van der Waals surface area contributed by atoms with Crippen LogP contribution >= 0.6 is 11.6 Å². The topological polar surface area (TPSA) is 46.9 Å². The summed E-state index contributed by atoms with van der Waals surface area (Å²) in [6, 6.07) is 0. The number of hydrogen-bond donors (Lipinski definition) is 1. The van der Waals surface area contributed by atoms with Crippen LogP contribution in [0.3, 0.4) is 0 Å². The van der Waals surface area contributed by atoms with Crippen LogP contribution < -0.4 is 10.9 Å². The summed E-state index contributed by atoms with van der Waals surface area (Å²) in [7, 11) is 0. The number of aromatic nitrogens is 2. The molecule has 98 valence electrons. The zero-order valence-electron chi connectivity index (χ0n) is 10.6. The van der Waals surface area contributed by atoms with Gasteiger partial charge in [-0.25, -0.2) is 4.68 Å². The molecule has 0 bridgehead atoms. The van der Waals surface area contributed by atoms with Crippen LogP contribution in [0.4, 0.5) is 5.69 Å². The van der Waals surface area contributed by atoms with E-state index in [4.69, 9.17) is 18.0 Å². The Morgan fingerprint density at radius 3 is 3.00 bits per heavy atom. The Morgan fingerprint density at radius 2 is 2.33 bits per heavy atom. The number of terminal acetylenes is 1. The quantitative estimate of drug-likeness (QED) is 0.610. The average Bonchev–Trinajstić information content (AvgIpc) is 2.38. The third kappa shape index (κ3) is 4.08. The van der Waals surface area contributed by atoms with Crippen LogP contribution in [0.2, 0.25) is 5.02 Å². The number of unbranched alkanes of at least 4 members (excludes halogenated alkanes) is 2. The van der Waals surface area contributed by atoms with Gasteiger partial charge in [-0.3, -0.25) is 4.79 Å². The van der Waals surface area contributed by atoms with Gasteiger partial charge in [0.2, 0.25) is 0 Å². The van der Waals surface area contributed by atoms with Gasteiger partial charge >= 0.3 is 0 Å². The maximum absolute atomic E-state index is 11.9. The second-order valence-corrected chi connectivity index (χ2v) is 4.37. The monoisotopic (exact) mass is 267 g/mol. The minimum Gasteiger partial charge on any atom is -0.382 e. The molecule has 0 saturated heterocycles. The molecule has 0 atom stereocenters. The summed E-state index contributed by atoms with van der Waals surface area (Å²) >= 11 is 6.01. The van der Waals surface area contributed by atoms with Crippen molar-refractivity contribution in [3.8, 4) is 12.3 Å². The molecule has 0 aliphatic heterocycles. The van der Waals surface area contributed by atoms with Gasteiger partial charge in [-0.05, 0) is 12.8 Å². The zero-order chi connectivity index (χ0) is 13.4. The summed E-state index contributed by atoms with van der Waals surface area (Å²) in [4.78, 5) is 11.9. The van der Waals surface area contributed by atoms with Gasteiger partial charge in [0.05, 0.1) is 11.9 Å². The van der Waals surface area contributed by atoms with Crippen molar-refractivity contribution in [2.75, 3.05) is 11.9 Å². The molecule has 0 saturated carbocycles. The summed E-state index contributed by atoms with van der Waals surface area (Å²) in [5.74, 6) is 2.56. The highest BCUT2D eigenvalue weighted by Gasteiger charge is 2.08. The summed E-state index contributed by atoms with van der Waals surface area (Å²) in [5, 5.41) is 7.36. The van der Waals surface area contributed by atoms with Crippen LogP contribution in [-0.2, 0) is 6.54 Å². The number of nitrogens with one attached hydrogen (secondary N) is 1. The van der Waals surface area contributed by atoms with Crippen molar-refractivity contribution >= 4 is 17.3 Å². The summed E-state index contributed by atoms with van der Waals surface area (Å²) < 4.78 is 1.40. The highest BCUT2D eigenvalue weighted by Crippen LogP contribution is 2.15. The lowest BCUT2D eigenvalue weighted by molar-refractivity contribution is 0.543. The Hall–Kier alpha value is -1.47. The Kier molecular flexibility index (Phi) is 6.31. The van der Waals surface area contributed by atoms with E-state index in [0.717, 1.165) is 19.3 Å². The maximum atomic E-state index is 11.9. The van der Waals surface area contributed by atoms with E-state index in [1.165, 1.54) is 4.68 Å². The fourth-order valence-electron chi connectivity index (χ4n) is 1.47. The molecule has 1 heterocycles. The van der Waals surface area contributed by atoms with Crippen LogP contribution in [0.5, 0.6) is 0 Å². The Morgan fingerprint density at radius 1 is 1.56 bits per heavy atom. The molecule has 0 amide bonds. The van der Waals surface area contributed by atoms with Crippen LogP contribution in [0.1, 0.15) is 32.6 Å². The molecule has 0 aliphatic carbocycles. The number of hydrogen-bond acceptors (Lipinski definition) is 3. The largest absolute Gasteiger partial charge is 0.382 e. The Balaban J connectivity index is 2.69. The van der Waals surface area contributed by atoms with Crippen LogP contribution in [0.25, 0.3) is 0 Å². The van der Waals surface area contributed by atoms with Gasteiger partial charge in [0.1, 0.15) is 5.02 Å². The first kappa shape index (κ1) is 14.6. The molecule has 0 radical (unpaired) electrons. The third-order valence-corrected chi connectivity index (χ3v) is 2.89. The number of rotatable bonds is 7. The molecule has 1 N–H and O–H groups in total. The van der Waals surface area contributed by atoms with Gasteiger partial charge in [0.25, 0.3) is 5.56 Å². The molecular formula is C13H18ClN3O. The van der Waals surface area contributed by atoms with Gasteiger partial charge < -0.3 is 5.32 Å². The first-order valence-electron chi connectivity index (χ1n) is 6.13. The average molecular weight is 268 g/mol. The fraction of sp³-hybridized carbons (Fsp3) is 0.538. The van der Waals surface area contributed by atoms with E-state index in [2.05, 4.69) is 23.3 Å². The Labute approximate surface area is 112 Å². The molecule has 0 fully saturated rings. The van der Waals surface area contributed by atoms with E-state index in [9.17, 15) is 4.79 Å². The van der Waals surface area contributed by atoms with E-state index < -0.39 is 0 Å². The van der Waals surface area contributed by atoms with E-state index >= 15 is 0 Å². The van der Waals surface area contributed by atoms with E-state index in [0.29, 0.717) is 25.2 Å². The first-order chi connectivity index (χ1) is 8.70. The van der Waals surface area contributed by atoms with Crippen molar-refractivity contribution < 1.29 is 0 Å². The van der Waals surface area contributed by atoms with Crippen LogP contribution in [0, 0.1) is 12.3 Å². The van der Waals surface area contributed by atoms with Crippen molar-refractivity contribution in [2.45, 2.75) is 39.2 Å². The van der Waals surface area contributed by atoms with E-state index in [1.54, 1.807) is 6.20 Å². The van der Waals surface area contributed by atoms with Gasteiger partial charge in [0, 0.05) is 19.5 Å². The number of anilines is 1. The highest BCUT2D eigenvalue weighted by molar-refractivity contribution is 6.32. The number of halogens is 1. The number of aryl methyl sites for hydroxylation is 1. The zero-order valence-corrected chi connectivity index (χ0v) is 11.3. The summed E-state index contributed by atoms with van der Waals surface area (Å²) in [6.45, 7) is 3.35. The molecule has 1 rings (SSSR count). The summed E-state index contributed by atoms with van der Waals surface area (Å²) in [6.07, 6.45) is 10.2. The standard InChI is InChI=1S/C13H18ClN3O/c1-3-5-7-8-15-11-10-16-17(9-6-4-2)13(18)12(11)14/h1,10,15H,4-9H2,2H3. The summed E-state index contributed by atoms with van der Waals surface area (Å²) in [5.41, 5.74) is 0.332. The Bertz CT molecular complexity index is 476. The van der Waals surface area contributed by atoms with Crippen molar-refractivity contribution in [3.05, 3.63) is 21.6 Å². The second kappa shape index (κ2) is 7.78. The molecule has 0 unspecified atom stereocenters. The highest BCUT2D eigenvalue weighted by atomic mass is 35.5. The van der Waals surface area contributed by atoms with Crippen molar-refractivity contribution in [2.24, 2.45) is 0 Å². The smallest absolute Gasteiger partial charge is 0.287 e. The lowest BCUT2D eigenvalue weighted by atomic mass is 10.3. The normalized spacial score (nSPS) is 10.1. The second-order valence-electron chi connectivity index (χ2n) is 3.99. The van der Waals surface area contributed by atoms with Gasteiger partial charge in [-0.2, -0.15) is 5.10 Å². The van der Waals surface area contributed by atoms with Gasteiger partial charge in [-0.1, -0.05) is 24.9 Å². The minimum absolute atomic E-state index is 0.196. The molecule has 1 aromatic heterocycles. The SMILES string of the molecule is C#CCCCNc1cnn(CCCC)c(=O)c1Cl. The molecular weight excluding hydrogens is 250 g/mol. The molecule has 0 aromatic carbocycles. The molecule has 0 spiro atoms. The molecule has 1 aromatic rings. The number of nitrogens with zero attached hydrogens (tertiary/aromatic N) is 2. The fourth-order valence-corrected chi connectivity index (χ4v) is 1.68. The maximum Gasteiger partial charge on any atom is 0.287 e. The van der Waals surface area contributed by atoms with Crippen molar-refractivity contribution in [3.63, 3.8) is 0 Å². The first-order valence-corrected chi connectivity index (χ1v) is 6.51. The lowest BCUT2D eigenvalue weighted by Crippen LogP contribution is -2.24. The van der Waals surface area contributed by atoms with Crippen molar-refractivity contribution in [1.29, 1.82) is 0 Å².